The molecule has 1 unspecified atom stereocenters. The molecule has 2 saturated carbocycles. The van der Waals surface area contributed by atoms with Gasteiger partial charge in [-0.15, -0.1) is 0 Å². The minimum absolute atomic E-state index is 0.0254. The molecule has 8 heteroatoms. The van der Waals surface area contributed by atoms with Crippen LogP contribution in [0.25, 0.3) is 10.9 Å². The second-order valence-electron chi connectivity index (χ2n) is 8.32. The molecule has 1 aromatic carbocycles. The summed E-state index contributed by atoms with van der Waals surface area (Å²) < 4.78 is 16.8. The third-order valence-electron chi connectivity index (χ3n) is 6.63. The van der Waals surface area contributed by atoms with Crippen molar-refractivity contribution in [1.82, 2.24) is 9.88 Å². The van der Waals surface area contributed by atoms with Crippen LogP contribution in [-0.4, -0.2) is 28.2 Å². The Labute approximate surface area is 165 Å². The zero-order chi connectivity index (χ0) is 19.7. The predicted molar refractivity (Wildman–Crippen MR) is 103 cm³/mol. The fraction of sp³-hybridized carbons (Fsp3) is 0.500. The molecule has 28 heavy (non-hydrogen) atoms. The normalized spacial score (nSPS) is 29.4. The minimum atomic E-state index is -1.32. The SMILES string of the molecule is N[C@@H]1C[C@@H]2CC(c3c(F)cc4c(=O)c(C(=O)O)cn(C5CC5)c4c3Cl)NC[C@@H]21. The maximum absolute atomic E-state index is 15.1. The molecule has 0 radical (unpaired) electrons. The first-order chi connectivity index (χ1) is 13.4. The molecule has 5 rings (SSSR count). The fourth-order valence-corrected chi connectivity index (χ4v) is 5.32. The van der Waals surface area contributed by atoms with E-state index in [4.69, 9.17) is 17.3 Å². The van der Waals surface area contributed by atoms with E-state index in [1.165, 1.54) is 6.20 Å². The van der Waals surface area contributed by atoms with Gasteiger partial charge in [0, 0.05) is 36.4 Å². The molecule has 0 bridgehead atoms. The topological polar surface area (TPSA) is 97.3 Å². The highest BCUT2D eigenvalue weighted by Gasteiger charge is 2.44. The van der Waals surface area contributed by atoms with Crippen LogP contribution in [0.3, 0.4) is 0 Å². The zero-order valence-electron chi connectivity index (χ0n) is 15.1. The Kier molecular flexibility index (Phi) is 4.05. The van der Waals surface area contributed by atoms with Crippen LogP contribution < -0.4 is 16.5 Å². The van der Waals surface area contributed by atoms with Crippen molar-refractivity contribution in [2.24, 2.45) is 17.6 Å². The molecule has 6 nitrogen and oxygen atoms in total. The lowest BCUT2D eigenvalue weighted by atomic mass is 9.64. The number of aromatic nitrogens is 1. The van der Waals surface area contributed by atoms with E-state index in [0.29, 0.717) is 22.9 Å². The summed E-state index contributed by atoms with van der Waals surface area (Å²) in [5, 5.41) is 13.0. The highest BCUT2D eigenvalue weighted by Crippen LogP contribution is 2.46. The summed E-state index contributed by atoms with van der Waals surface area (Å²) in [6, 6.07) is 1.20. The Balaban J connectivity index is 1.68. The van der Waals surface area contributed by atoms with Gasteiger partial charge in [0.25, 0.3) is 0 Å². The Morgan fingerprint density at radius 1 is 1.36 bits per heavy atom. The molecular formula is C20H21ClFN3O3. The van der Waals surface area contributed by atoms with Crippen LogP contribution in [0.4, 0.5) is 4.39 Å². The zero-order valence-corrected chi connectivity index (χ0v) is 15.9. The van der Waals surface area contributed by atoms with E-state index >= 15 is 4.39 Å². The molecule has 0 amide bonds. The van der Waals surface area contributed by atoms with Crippen molar-refractivity contribution in [3.63, 3.8) is 0 Å². The van der Waals surface area contributed by atoms with Crippen molar-refractivity contribution in [1.29, 1.82) is 0 Å². The van der Waals surface area contributed by atoms with E-state index in [0.717, 1.165) is 38.3 Å². The highest BCUT2D eigenvalue weighted by molar-refractivity contribution is 6.36. The second kappa shape index (κ2) is 6.27. The molecule has 1 aromatic heterocycles. The number of carboxylic acid groups (broad SMARTS) is 1. The third kappa shape index (κ3) is 2.60. The van der Waals surface area contributed by atoms with Crippen molar-refractivity contribution in [2.45, 2.75) is 43.8 Å². The van der Waals surface area contributed by atoms with E-state index in [1.54, 1.807) is 4.57 Å². The second-order valence-corrected chi connectivity index (χ2v) is 8.70. The van der Waals surface area contributed by atoms with Crippen LogP contribution in [0.5, 0.6) is 0 Å². The first-order valence-corrected chi connectivity index (χ1v) is 10.0. The number of hydrogen-bond donors (Lipinski definition) is 3. The largest absolute Gasteiger partial charge is 0.477 e. The number of benzene rings is 1. The van der Waals surface area contributed by atoms with Crippen molar-refractivity contribution in [3.05, 3.63) is 44.5 Å². The molecule has 4 atom stereocenters. The van der Waals surface area contributed by atoms with Crippen molar-refractivity contribution in [3.8, 4) is 0 Å². The number of piperidine rings is 1. The summed E-state index contributed by atoms with van der Waals surface area (Å²) in [4.78, 5) is 24.1. The number of rotatable bonds is 3. The van der Waals surface area contributed by atoms with Crippen molar-refractivity contribution >= 4 is 28.5 Å². The van der Waals surface area contributed by atoms with Gasteiger partial charge in [0.1, 0.15) is 11.4 Å². The molecule has 0 spiro atoms. The quantitative estimate of drug-likeness (QED) is 0.729. The van der Waals surface area contributed by atoms with Crippen LogP contribution in [0, 0.1) is 17.7 Å². The molecule has 148 valence electrons. The Morgan fingerprint density at radius 3 is 2.71 bits per heavy atom. The number of nitrogens with zero attached hydrogens (tertiary/aromatic N) is 1. The van der Waals surface area contributed by atoms with E-state index in [-0.39, 0.29) is 34.1 Å². The number of nitrogens with two attached hydrogens (primary N) is 1. The number of fused-ring (bicyclic) bond motifs is 2. The number of hydrogen-bond acceptors (Lipinski definition) is 4. The van der Waals surface area contributed by atoms with Gasteiger partial charge < -0.3 is 20.7 Å². The van der Waals surface area contributed by atoms with Crippen LogP contribution in [0.15, 0.2) is 17.1 Å². The van der Waals surface area contributed by atoms with Gasteiger partial charge in [-0.2, -0.15) is 0 Å². The van der Waals surface area contributed by atoms with Gasteiger partial charge in [0.05, 0.1) is 15.9 Å². The highest BCUT2D eigenvalue weighted by atomic mass is 35.5. The molecule has 4 N–H and O–H groups in total. The van der Waals surface area contributed by atoms with Crippen LogP contribution in [-0.2, 0) is 0 Å². The van der Waals surface area contributed by atoms with Gasteiger partial charge in [-0.25, -0.2) is 9.18 Å². The summed E-state index contributed by atoms with van der Waals surface area (Å²) in [5.41, 5.74) is 5.78. The lowest BCUT2D eigenvalue weighted by Crippen LogP contribution is -2.56. The summed E-state index contributed by atoms with van der Waals surface area (Å²) in [7, 11) is 0. The number of nitrogens with one attached hydrogen (secondary N) is 1. The Hall–Kier alpha value is -1.96. The van der Waals surface area contributed by atoms with Crippen LogP contribution in [0.2, 0.25) is 5.02 Å². The van der Waals surface area contributed by atoms with Gasteiger partial charge in [-0.3, -0.25) is 4.79 Å². The molecule has 1 aliphatic heterocycles. The summed E-state index contributed by atoms with van der Waals surface area (Å²) >= 11 is 6.68. The number of carboxylic acids is 1. The van der Waals surface area contributed by atoms with Gasteiger partial charge >= 0.3 is 5.97 Å². The molecule has 1 saturated heterocycles. The van der Waals surface area contributed by atoms with Gasteiger partial charge in [0.2, 0.25) is 5.43 Å². The number of halogens is 2. The van der Waals surface area contributed by atoms with Crippen molar-refractivity contribution < 1.29 is 14.3 Å². The van der Waals surface area contributed by atoms with Gasteiger partial charge in [-0.05, 0) is 43.6 Å². The molecular weight excluding hydrogens is 385 g/mol. The average molecular weight is 406 g/mol. The molecule has 2 heterocycles. The fourth-order valence-electron chi connectivity index (χ4n) is 4.90. The predicted octanol–water partition coefficient (Wildman–Crippen LogP) is 2.82. The number of carbonyl (C=O) groups is 1. The molecule has 2 aliphatic carbocycles. The van der Waals surface area contributed by atoms with E-state index in [2.05, 4.69) is 5.32 Å². The molecule has 2 aromatic rings. The molecule has 3 fully saturated rings. The average Bonchev–Trinajstić information content (AvgIpc) is 3.46. The monoisotopic (exact) mass is 405 g/mol. The van der Waals surface area contributed by atoms with Gasteiger partial charge in [0.15, 0.2) is 0 Å². The third-order valence-corrected chi connectivity index (χ3v) is 7.01. The summed E-state index contributed by atoms with van der Waals surface area (Å²) in [6.07, 6.45) is 4.80. The standard InChI is InChI=1S/C20H21ClFN3O3/c21-17-16(15-4-8-3-14(23)11(8)6-24-15)13(22)5-10-18(17)25(9-1-2-9)7-12(19(10)26)20(27)28/h5,7-9,11,14-15,24H,1-4,6,23H2,(H,27,28)/t8-,11+,14-,15?/m1/s1. The Morgan fingerprint density at radius 2 is 2.11 bits per heavy atom. The van der Waals surface area contributed by atoms with E-state index in [1.807, 2.05) is 0 Å². The van der Waals surface area contributed by atoms with Crippen molar-refractivity contribution in [2.75, 3.05) is 6.54 Å². The van der Waals surface area contributed by atoms with Crippen LogP contribution >= 0.6 is 11.6 Å². The summed E-state index contributed by atoms with van der Waals surface area (Å²) in [6.45, 7) is 0.720. The number of pyridine rings is 1. The van der Waals surface area contributed by atoms with E-state index in [9.17, 15) is 14.7 Å². The smallest absolute Gasteiger partial charge is 0.341 e. The number of aromatic carboxylic acids is 1. The van der Waals surface area contributed by atoms with E-state index < -0.39 is 17.2 Å². The van der Waals surface area contributed by atoms with Gasteiger partial charge in [-0.1, -0.05) is 11.6 Å². The maximum Gasteiger partial charge on any atom is 0.341 e. The lowest BCUT2D eigenvalue weighted by molar-refractivity contribution is 0.0694. The minimum Gasteiger partial charge on any atom is -0.477 e. The summed E-state index contributed by atoms with van der Waals surface area (Å²) in [5.74, 6) is -1.02. The first-order valence-electron chi connectivity index (χ1n) is 9.65. The molecule has 3 aliphatic rings. The maximum atomic E-state index is 15.1. The van der Waals surface area contributed by atoms with Crippen LogP contribution in [0.1, 0.15) is 53.7 Å². The Bertz CT molecular complexity index is 1070. The lowest BCUT2D eigenvalue weighted by Gasteiger charge is -2.49. The first kappa shape index (κ1) is 18.1.